The minimum atomic E-state index is -1.29. The number of amides is 1. The summed E-state index contributed by atoms with van der Waals surface area (Å²) in [5, 5.41) is 15.3. The number of aliphatic carboxylic acids is 1. The van der Waals surface area contributed by atoms with Crippen molar-refractivity contribution in [1.29, 1.82) is 0 Å². The average Bonchev–Trinajstić information content (AvgIpc) is 2.96. The summed E-state index contributed by atoms with van der Waals surface area (Å²) in [6.45, 7) is 1.62. The fraction of sp³-hybridized carbons (Fsp3) is 0.467. The summed E-state index contributed by atoms with van der Waals surface area (Å²) in [6.07, 6.45) is 0.301. The van der Waals surface area contributed by atoms with E-state index < -0.39 is 11.5 Å². The van der Waals surface area contributed by atoms with Crippen LogP contribution in [0.15, 0.2) is 24.3 Å². The van der Waals surface area contributed by atoms with Crippen LogP contribution in [0.25, 0.3) is 0 Å². The Morgan fingerprint density at radius 3 is 2.90 bits per heavy atom. The molecule has 21 heavy (non-hydrogen) atoms. The maximum Gasteiger partial charge on any atom is 0.331 e. The maximum atomic E-state index is 12.6. The van der Waals surface area contributed by atoms with Crippen LogP contribution in [0.1, 0.15) is 23.5 Å². The first-order valence-corrected chi connectivity index (χ1v) is 7.04. The summed E-state index contributed by atoms with van der Waals surface area (Å²) in [7, 11) is 0. The number of carbonyl (C=O) groups excluding carboxylic acids is 1. The third-order valence-corrected chi connectivity index (χ3v) is 4.20. The van der Waals surface area contributed by atoms with E-state index in [-0.39, 0.29) is 18.4 Å². The predicted octanol–water partition coefficient (Wildman–Crippen LogP) is 0.233. The molecule has 3 N–H and O–H groups in total. The molecule has 112 valence electrons. The molecule has 0 spiro atoms. The van der Waals surface area contributed by atoms with Crippen molar-refractivity contribution in [3.05, 3.63) is 35.4 Å². The first-order chi connectivity index (χ1) is 10.1. The molecule has 0 aromatic heterocycles. The number of benzene rings is 1. The summed E-state index contributed by atoms with van der Waals surface area (Å²) >= 11 is 0. The van der Waals surface area contributed by atoms with Gasteiger partial charge in [0, 0.05) is 26.1 Å². The third kappa shape index (κ3) is 2.52. The van der Waals surface area contributed by atoms with E-state index >= 15 is 0 Å². The lowest BCUT2D eigenvalue weighted by Crippen LogP contribution is -2.57. The van der Waals surface area contributed by atoms with Crippen molar-refractivity contribution < 1.29 is 19.4 Å². The quantitative estimate of drug-likeness (QED) is 0.742. The number of carbonyl (C=O) groups is 2. The van der Waals surface area contributed by atoms with Crippen LogP contribution in [0.5, 0.6) is 0 Å². The van der Waals surface area contributed by atoms with Gasteiger partial charge in [-0.25, -0.2) is 4.79 Å². The molecule has 0 bridgehead atoms. The Labute approximate surface area is 122 Å². The minimum absolute atomic E-state index is 0.0237. The normalized spacial score (nSPS) is 27.9. The Kier molecular flexibility index (Phi) is 3.65. The highest BCUT2D eigenvalue weighted by Crippen LogP contribution is 2.26. The zero-order valence-corrected chi connectivity index (χ0v) is 11.6. The fourth-order valence-electron chi connectivity index (χ4n) is 2.94. The van der Waals surface area contributed by atoms with Gasteiger partial charge < -0.3 is 20.5 Å². The van der Waals surface area contributed by atoms with Gasteiger partial charge in [0.25, 0.3) is 0 Å². The average molecular weight is 290 g/mol. The van der Waals surface area contributed by atoms with Gasteiger partial charge in [-0.1, -0.05) is 24.3 Å². The van der Waals surface area contributed by atoms with Gasteiger partial charge in [0.15, 0.2) is 5.54 Å². The zero-order valence-electron chi connectivity index (χ0n) is 11.6. The molecule has 1 saturated heterocycles. The Bertz CT molecular complexity index is 567. The van der Waals surface area contributed by atoms with Crippen LogP contribution < -0.4 is 10.6 Å². The van der Waals surface area contributed by atoms with Gasteiger partial charge >= 0.3 is 5.97 Å². The van der Waals surface area contributed by atoms with Crippen molar-refractivity contribution in [2.45, 2.75) is 24.4 Å². The molecule has 2 unspecified atom stereocenters. The second-order valence-corrected chi connectivity index (χ2v) is 5.56. The van der Waals surface area contributed by atoms with Crippen molar-refractivity contribution in [2.75, 3.05) is 19.8 Å². The van der Waals surface area contributed by atoms with Crippen molar-refractivity contribution in [1.82, 2.24) is 10.6 Å². The molecular weight excluding hydrogens is 272 g/mol. The van der Waals surface area contributed by atoms with E-state index in [4.69, 9.17) is 4.74 Å². The van der Waals surface area contributed by atoms with Crippen molar-refractivity contribution in [2.24, 2.45) is 0 Å². The Hall–Kier alpha value is -1.92. The molecule has 6 heteroatoms. The molecule has 0 aliphatic carbocycles. The number of rotatable bonds is 3. The summed E-state index contributed by atoms with van der Waals surface area (Å²) < 4.78 is 5.17. The van der Waals surface area contributed by atoms with Crippen LogP contribution in [0.4, 0.5) is 0 Å². The fourth-order valence-corrected chi connectivity index (χ4v) is 2.94. The van der Waals surface area contributed by atoms with Crippen LogP contribution in [0.2, 0.25) is 0 Å². The summed E-state index contributed by atoms with van der Waals surface area (Å²) in [4.78, 5) is 24.0. The third-order valence-electron chi connectivity index (χ3n) is 4.20. The molecule has 2 heterocycles. The summed E-state index contributed by atoms with van der Waals surface area (Å²) in [5.74, 6) is -1.67. The number of carboxylic acids is 1. The van der Waals surface area contributed by atoms with E-state index in [1.165, 1.54) is 0 Å². The predicted molar refractivity (Wildman–Crippen MR) is 74.8 cm³/mol. The van der Waals surface area contributed by atoms with E-state index in [0.717, 1.165) is 17.7 Å². The van der Waals surface area contributed by atoms with E-state index in [0.29, 0.717) is 19.6 Å². The lowest BCUT2D eigenvalue weighted by molar-refractivity contribution is -0.147. The van der Waals surface area contributed by atoms with Gasteiger partial charge in [-0.05, 0) is 11.1 Å². The monoisotopic (exact) mass is 290 g/mol. The van der Waals surface area contributed by atoms with Crippen LogP contribution in [-0.4, -0.2) is 42.3 Å². The Morgan fingerprint density at radius 2 is 2.19 bits per heavy atom. The second-order valence-electron chi connectivity index (χ2n) is 5.56. The molecule has 1 amide bonds. The molecule has 3 rings (SSSR count). The highest BCUT2D eigenvalue weighted by atomic mass is 16.5. The Morgan fingerprint density at radius 1 is 1.38 bits per heavy atom. The molecule has 6 nitrogen and oxygen atoms in total. The molecule has 1 aromatic carbocycles. The molecule has 1 fully saturated rings. The number of hydrogen-bond donors (Lipinski definition) is 3. The topological polar surface area (TPSA) is 87.7 Å². The van der Waals surface area contributed by atoms with Gasteiger partial charge in [0.2, 0.25) is 5.91 Å². The van der Waals surface area contributed by atoms with Crippen molar-refractivity contribution >= 4 is 11.9 Å². The maximum absolute atomic E-state index is 12.6. The number of ether oxygens (including phenoxy) is 1. The molecule has 2 aliphatic heterocycles. The van der Waals surface area contributed by atoms with Gasteiger partial charge in [0.1, 0.15) is 0 Å². The standard InChI is InChI=1S/C15H18N2O4/c18-13(17-15(14(19)20)5-6-21-9-15)12-8-16-7-10-3-1-2-4-11(10)12/h1-4,12,16H,5-9H2,(H,17,18)(H,19,20). The van der Waals surface area contributed by atoms with Gasteiger partial charge in [0.05, 0.1) is 12.5 Å². The molecule has 1 aromatic rings. The SMILES string of the molecule is O=C(NC1(C(=O)O)CCOC1)C1CNCc2ccccc21. The lowest BCUT2D eigenvalue weighted by Gasteiger charge is -2.30. The molecule has 0 saturated carbocycles. The number of carboxylic acid groups (broad SMARTS) is 1. The smallest absolute Gasteiger partial charge is 0.331 e. The Balaban J connectivity index is 1.82. The van der Waals surface area contributed by atoms with E-state index in [1.54, 1.807) is 0 Å². The van der Waals surface area contributed by atoms with E-state index in [2.05, 4.69) is 10.6 Å². The summed E-state index contributed by atoms with van der Waals surface area (Å²) in [6, 6.07) is 7.74. The van der Waals surface area contributed by atoms with Crippen molar-refractivity contribution in [3.8, 4) is 0 Å². The highest BCUT2D eigenvalue weighted by Gasteiger charge is 2.45. The molecule has 2 atom stereocenters. The minimum Gasteiger partial charge on any atom is -0.479 e. The first-order valence-electron chi connectivity index (χ1n) is 7.04. The zero-order chi connectivity index (χ0) is 14.9. The van der Waals surface area contributed by atoms with E-state index in [9.17, 15) is 14.7 Å². The number of nitrogens with one attached hydrogen (secondary N) is 2. The van der Waals surface area contributed by atoms with Gasteiger partial charge in [-0.15, -0.1) is 0 Å². The van der Waals surface area contributed by atoms with Crippen molar-refractivity contribution in [3.63, 3.8) is 0 Å². The molecule has 2 aliphatic rings. The molecule has 0 radical (unpaired) electrons. The summed E-state index contributed by atoms with van der Waals surface area (Å²) in [5.41, 5.74) is 0.757. The van der Waals surface area contributed by atoms with Crippen LogP contribution >= 0.6 is 0 Å². The lowest BCUT2D eigenvalue weighted by atomic mass is 9.88. The van der Waals surface area contributed by atoms with Crippen LogP contribution in [-0.2, 0) is 20.9 Å². The van der Waals surface area contributed by atoms with Crippen LogP contribution in [0.3, 0.4) is 0 Å². The van der Waals surface area contributed by atoms with E-state index in [1.807, 2.05) is 24.3 Å². The highest BCUT2D eigenvalue weighted by molar-refractivity contribution is 5.91. The first kappa shape index (κ1) is 14.0. The number of fused-ring (bicyclic) bond motifs is 1. The van der Waals surface area contributed by atoms with Crippen LogP contribution in [0, 0.1) is 0 Å². The van der Waals surface area contributed by atoms with Gasteiger partial charge in [-0.3, -0.25) is 4.79 Å². The largest absolute Gasteiger partial charge is 0.479 e. The second kappa shape index (κ2) is 5.46. The molecular formula is C15H18N2O4. The number of hydrogen-bond acceptors (Lipinski definition) is 4. The van der Waals surface area contributed by atoms with Gasteiger partial charge in [-0.2, -0.15) is 0 Å².